The second-order valence-corrected chi connectivity index (χ2v) is 26.4. The summed E-state index contributed by atoms with van der Waals surface area (Å²) in [6, 6.07) is -0.537. The number of esters is 1. The molecule has 6 nitrogen and oxygen atoms in total. The maximum Gasteiger partial charge on any atom is 0.305 e. The normalized spacial score (nSPS) is 12.4. The van der Waals surface area contributed by atoms with Crippen molar-refractivity contribution < 1.29 is 24.5 Å². The molecular formula is C75H149NO5. The van der Waals surface area contributed by atoms with E-state index in [1.807, 2.05) is 0 Å². The number of rotatable bonds is 72. The lowest BCUT2D eigenvalue weighted by Gasteiger charge is -2.22. The zero-order chi connectivity index (χ0) is 58.5. The molecule has 0 aliphatic heterocycles. The fourth-order valence-corrected chi connectivity index (χ4v) is 12.4. The molecule has 6 heteroatoms. The number of aliphatic hydroxyl groups excluding tert-OH is 2. The second-order valence-electron chi connectivity index (χ2n) is 26.4. The first-order valence-electron chi connectivity index (χ1n) is 37.8. The van der Waals surface area contributed by atoms with Crippen LogP contribution in [0.5, 0.6) is 0 Å². The maximum atomic E-state index is 12.5. The van der Waals surface area contributed by atoms with Gasteiger partial charge < -0.3 is 20.3 Å². The minimum absolute atomic E-state index is 0.0255. The van der Waals surface area contributed by atoms with Gasteiger partial charge in [0.15, 0.2) is 0 Å². The quantitative estimate of drug-likeness (QED) is 0.0417. The lowest BCUT2D eigenvalue weighted by Crippen LogP contribution is -2.45. The Balaban J connectivity index is 3.30. The van der Waals surface area contributed by atoms with E-state index in [-0.39, 0.29) is 18.5 Å². The number of aliphatic hydroxyl groups is 2. The predicted molar refractivity (Wildman–Crippen MR) is 357 cm³/mol. The molecule has 1 amide bonds. The van der Waals surface area contributed by atoms with Crippen LogP contribution in [0.25, 0.3) is 0 Å². The molecule has 2 unspecified atom stereocenters. The average Bonchev–Trinajstić information content (AvgIpc) is 3.47. The van der Waals surface area contributed by atoms with Crippen LogP contribution >= 0.6 is 0 Å². The number of hydrogen-bond acceptors (Lipinski definition) is 5. The van der Waals surface area contributed by atoms with Gasteiger partial charge in [-0.2, -0.15) is 0 Å². The first-order chi connectivity index (χ1) is 40.0. The minimum Gasteiger partial charge on any atom is -0.466 e. The zero-order valence-electron chi connectivity index (χ0n) is 55.6. The molecule has 0 aromatic carbocycles. The van der Waals surface area contributed by atoms with E-state index >= 15 is 0 Å². The number of ether oxygens (including phenoxy) is 1. The van der Waals surface area contributed by atoms with E-state index in [2.05, 4.69) is 19.2 Å². The lowest BCUT2D eigenvalue weighted by molar-refractivity contribution is -0.143. The number of hydrogen-bond donors (Lipinski definition) is 3. The highest BCUT2D eigenvalue weighted by Gasteiger charge is 2.20. The van der Waals surface area contributed by atoms with E-state index in [1.54, 1.807) is 0 Å². The smallest absolute Gasteiger partial charge is 0.305 e. The maximum absolute atomic E-state index is 12.5. The van der Waals surface area contributed by atoms with Gasteiger partial charge in [-0.15, -0.1) is 0 Å². The van der Waals surface area contributed by atoms with E-state index in [9.17, 15) is 19.8 Å². The molecule has 0 aromatic rings. The SMILES string of the molecule is CCCCCCCCCCCCCCCCCCCC(O)C(CO)NC(=O)CCCCCCCCCCCCCCCCCCCCCCCCCCCCCCCCCCOC(=O)CCCCCCCCCCCCCCCCC. The summed E-state index contributed by atoms with van der Waals surface area (Å²) in [5, 5.41) is 23.4. The predicted octanol–water partition coefficient (Wildman–Crippen LogP) is 24.5. The van der Waals surface area contributed by atoms with Crippen LogP contribution in [-0.2, 0) is 14.3 Å². The molecular weight excluding hydrogens is 995 g/mol. The fraction of sp³-hybridized carbons (Fsp3) is 0.973. The van der Waals surface area contributed by atoms with Crippen LogP contribution in [0.15, 0.2) is 0 Å². The topological polar surface area (TPSA) is 95.9 Å². The monoisotopic (exact) mass is 1140 g/mol. The highest BCUT2D eigenvalue weighted by molar-refractivity contribution is 5.76. The van der Waals surface area contributed by atoms with Crippen molar-refractivity contribution in [3.05, 3.63) is 0 Å². The molecule has 0 aliphatic carbocycles. The van der Waals surface area contributed by atoms with Crippen molar-refractivity contribution in [1.29, 1.82) is 0 Å². The third-order valence-corrected chi connectivity index (χ3v) is 18.2. The van der Waals surface area contributed by atoms with Crippen molar-refractivity contribution in [3.63, 3.8) is 0 Å². The van der Waals surface area contributed by atoms with Crippen molar-refractivity contribution in [2.24, 2.45) is 0 Å². The van der Waals surface area contributed by atoms with Crippen LogP contribution in [0, 0.1) is 0 Å². The van der Waals surface area contributed by atoms with E-state index in [1.165, 1.54) is 372 Å². The van der Waals surface area contributed by atoms with Gasteiger partial charge in [-0.05, 0) is 25.7 Å². The van der Waals surface area contributed by atoms with Gasteiger partial charge in [0.05, 0.1) is 25.4 Å². The summed E-state index contributed by atoms with van der Waals surface area (Å²) in [6.45, 7) is 5.01. The Labute approximate surface area is 508 Å². The molecule has 0 spiro atoms. The number of carbonyl (C=O) groups excluding carboxylic acids is 2. The van der Waals surface area contributed by atoms with E-state index in [4.69, 9.17) is 4.74 Å². The fourth-order valence-electron chi connectivity index (χ4n) is 12.4. The Kier molecular flexibility index (Phi) is 70.3. The third-order valence-electron chi connectivity index (χ3n) is 18.2. The second kappa shape index (κ2) is 71.3. The van der Waals surface area contributed by atoms with Crippen LogP contribution in [0.2, 0.25) is 0 Å². The molecule has 0 saturated carbocycles. The van der Waals surface area contributed by atoms with Crippen molar-refractivity contribution in [1.82, 2.24) is 5.32 Å². The zero-order valence-corrected chi connectivity index (χ0v) is 55.6. The van der Waals surface area contributed by atoms with Gasteiger partial charge in [-0.3, -0.25) is 9.59 Å². The summed E-state index contributed by atoms with van der Waals surface area (Å²) in [6.07, 6.45) is 87.5. The Hall–Kier alpha value is -1.14. The molecule has 0 heterocycles. The molecule has 0 aliphatic rings. The summed E-state index contributed by atoms with van der Waals surface area (Å²) < 4.78 is 5.51. The van der Waals surface area contributed by atoms with Gasteiger partial charge in [0.1, 0.15) is 0 Å². The largest absolute Gasteiger partial charge is 0.466 e. The molecule has 0 bridgehead atoms. The molecule has 2 atom stereocenters. The summed E-state index contributed by atoms with van der Waals surface area (Å²) in [4.78, 5) is 24.6. The number of nitrogens with one attached hydrogen (secondary N) is 1. The van der Waals surface area contributed by atoms with Gasteiger partial charge in [-0.1, -0.05) is 406 Å². The highest BCUT2D eigenvalue weighted by atomic mass is 16.5. The van der Waals surface area contributed by atoms with Crippen molar-refractivity contribution in [2.45, 2.75) is 456 Å². The van der Waals surface area contributed by atoms with Crippen molar-refractivity contribution in [2.75, 3.05) is 13.2 Å². The van der Waals surface area contributed by atoms with Crippen molar-refractivity contribution >= 4 is 11.9 Å². The molecule has 0 rings (SSSR count). The van der Waals surface area contributed by atoms with E-state index in [0.717, 1.165) is 38.5 Å². The summed E-state index contributed by atoms with van der Waals surface area (Å²) in [7, 11) is 0. The van der Waals surface area contributed by atoms with Crippen LogP contribution in [0.3, 0.4) is 0 Å². The molecule has 0 aromatic heterocycles. The van der Waals surface area contributed by atoms with Gasteiger partial charge in [0.2, 0.25) is 5.91 Å². The first-order valence-corrected chi connectivity index (χ1v) is 37.8. The Morgan fingerprint density at radius 3 is 0.753 bits per heavy atom. The van der Waals surface area contributed by atoms with Crippen LogP contribution in [0.1, 0.15) is 444 Å². The highest BCUT2D eigenvalue weighted by Crippen LogP contribution is 2.20. The standard InChI is InChI=1S/C75H149NO5/c1-3-5-7-9-11-13-15-17-19-36-40-43-47-51-55-59-63-67-73(78)72(71-77)76-74(79)68-64-60-56-52-48-44-41-37-34-32-30-28-26-24-22-20-21-23-25-27-29-31-33-35-38-42-46-50-54-58-62-66-70-81-75(80)69-65-61-57-53-49-45-39-18-16-14-12-10-8-6-4-2/h72-73,77-78H,3-71H2,1-2H3,(H,76,79). The van der Waals surface area contributed by atoms with Crippen LogP contribution < -0.4 is 5.32 Å². The molecule has 484 valence electrons. The Morgan fingerprint density at radius 2 is 0.506 bits per heavy atom. The number of unbranched alkanes of at least 4 members (excludes halogenated alkanes) is 61. The molecule has 0 fully saturated rings. The summed E-state index contributed by atoms with van der Waals surface area (Å²) >= 11 is 0. The van der Waals surface area contributed by atoms with Crippen molar-refractivity contribution in [3.8, 4) is 0 Å². The summed E-state index contributed by atoms with van der Waals surface area (Å²) in [5.74, 6) is -0.000156. The lowest BCUT2D eigenvalue weighted by atomic mass is 10.0. The number of amides is 1. The van der Waals surface area contributed by atoms with E-state index in [0.29, 0.717) is 25.9 Å². The van der Waals surface area contributed by atoms with Crippen LogP contribution in [0.4, 0.5) is 0 Å². The summed E-state index contributed by atoms with van der Waals surface area (Å²) in [5.41, 5.74) is 0. The molecule has 0 radical (unpaired) electrons. The average molecular weight is 1150 g/mol. The van der Waals surface area contributed by atoms with Crippen LogP contribution in [-0.4, -0.2) is 47.4 Å². The Bertz CT molecular complexity index is 1180. The third kappa shape index (κ3) is 67.9. The minimum atomic E-state index is -0.660. The molecule has 81 heavy (non-hydrogen) atoms. The number of carbonyl (C=O) groups is 2. The first kappa shape index (κ1) is 79.9. The molecule has 0 saturated heterocycles. The molecule has 3 N–H and O–H groups in total. The van der Waals surface area contributed by atoms with Gasteiger partial charge in [-0.25, -0.2) is 0 Å². The van der Waals surface area contributed by atoms with Gasteiger partial charge >= 0.3 is 5.97 Å². The van der Waals surface area contributed by atoms with Gasteiger partial charge in [0, 0.05) is 12.8 Å². The van der Waals surface area contributed by atoms with E-state index < -0.39 is 12.1 Å². The Morgan fingerprint density at radius 1 is 0.296 bits per heavy atom. The van der Waals surface area contributed by atoms with Gasteiger partial charge in [0.25, 0.3) is 0 Å².